The Kier molecular flexibility index (Phi) is 6.54. The molecule has 0 radical (unpaired) electrons. The lowest BCUT2D eigenvalue weighted by atomic mass is 9.68. The Balaban J connectivity index is 1.33. The predicted molar refractivity (Wildman–Crippen MR) is 196 cm³/mol. The second-order valence-corrected chi connectivity index (χ2v) is 12.6. The highest BCUT2D eigenvalue weighted by atomic mass is 14.7. The van der Waals surface area contributed by atoms with E-state index < -0.39 is 0 Å². The highest BCUT2D eigenvalue weighted by Crippen LogP contribution is 2.51. The van der Waals surface area contributed by atoms with Crippen LogP contribution in [0, 0.1) is 0 Å². The van der Waals surface area contributed by atoms with Gasteiger partial charge in [-0.2, -0.15) is 0 Å². The highest BCUT2D eigenvalue weighted by Gasteiger charge is 2.33. The van der Waals surface area contributed by atoms with Gasteiger partial charge in [0.05, 0.1) is 11.4 Å². The molecule has 5 aromatic carbocycles. The van der Waals surface area contributed by atoms with Crippen LogP contribution in [0.4, 0.5) is 0 Å². The molecule has 0 spiro atoms. The molecule has 2 aromatic heterocycles. The van der Waals surface area contributed by atoms with Crippen molar-refractivity contribution in [3.8, 4) is 33.6 Å². The summed E-state index contributed by atoms with van der Waals surface area (Å²) in [5, 5.41) is 7.73. The molecule has 0 bridgehead atoms. The summed E-state index contributed by atoms with van der Waals surface area (Å²) < 4.78 is 0. The molecular formula is C44H34N2. The molecule has 0 amide bonds. The van der Waals surface area contributed by atoms with Gasteiger partial charge in [0.1, 0.15) is 0 Å². The van der Waals surface area contributed by atoms with Gasteiger partial charge in [-0.25, -0.2) is 0 Å². The lowest BCUT2D eigenvalue weighted by Crippen LogP contribution is -2.22. The summed E-state index contributed by atoms with van der Waals surface area (Å²) in [6.45, 7) is 10.6. The van der Waals surface area contributed by atoms with Gasteiger partial charge in [-0.1, -0.05) is 136 Å². The van der Waals surface area contributed by atoms with Crippen molar-refractivity contribution in [3.05, 3.63) is 163 Å². The minimum atomic E-state index is -0.170. The molecule has 0 fully saturated rings. The number of benzene rings is 5. The zero-order valence-corrected chi connectivity index (χ0v) is 26.4. The first-order valence-electron chi connectivity index (χ1n) is 15.9. The number of aromatic nitrogens is 2. The van der Waals surface area contributed by atoms with E-state index in [1.54, 1.807) is 6.08 Å². The topological polar surface area (TPSA) is 25.8 Å². The summed E-state index contributed by atoms with van der Waals surface area (Å²) in [5.41, 5.74) is 11.3. The molecule has 0 atom stereocenters. The minimum Gasteiger partial charge on any atom is -0.256 e. The Bertz CT molecular complexity index is 2370. The fourth-order valence-corrected chi connectivity index (χ4v) is 7.35. The molecule has 0 aliphatic heterocycles. The van der Waals surface area contributed by atoms with Gasteiger partial charge in [0.25, 0.3) is 0 Å². The van der Waals surface area contributed by atoms with Crippen molar-refractivity contribution in [2.45, 2.75) is 26.2 Å². The fourth-order valence-electron chi connectivity index (χ4n) is 7.35. The second-order valence-electron chi connectivity index (χ2n) is 12.6. The summed E-state index contributed by atoms with van der Waals surface area (Å²) >= 11 is 0. The summed E-state index contributed by atoms with van der Waals surface area (Å²) in [4.78, 5) is 9.95. The van der Waals surface area contributed by atoms with Crippen LogP contribution in [0.2, 0.25) is 0 Å². The van der Waals surface area contributed by atoms with Gasteiger partial charge in [0.15, 0.2) is 0 Å². The highest BCUT2D eigenvalue weighted by molar-refractivity contribution is 6.27. The Hall–Kier alpha value is -5.60. The minimum absolute atomic E-state index is 0.170. The van der Waals surface area contributed by atoms with E-state index in [-0.39, 0.29) is 5.41 Å². The number of allylic oxidation sites excluding steroid dienone is 5. The van der Waals surface area contributed by atoms with Crippen LogP contribution in [-0.4, -0.2) is 9.97 Å². The van der Waals surface area contributed by atoms with Gasteiger partial charge >= 0.3 is 0 Å². The van der Waals surface area contributed by atoms with Gasteiger partial charge in [-0.05, 0) is 79.2 Å². The average molecular weight is 591 g/mol. The first kappa shape index (κ1) is 27.9. The van der Waals surface area contributed by atoms with E-state index in [9.17, 15) is 0 Å². The zero-order valence-electron chi connectivity index (χ0n) is 26.4. The molecular weight excluding hydrogens is 556 g/mol. The third-order valence-corrected chi connectivity index (χ3v) is 9.73. The van der Waals surface area contributed by atoms with Crippen molar-refractivity contribution < 1.29 is 0 Å². The van der Waals surface area contributed by atoms with E-state index in [1.807, 2.05) is 31.5 Å². The van der Waals surface area contributed by atoms with Gasteiger partial charge < -0.3 is 0 Å². The van der Waals surface area contributed by atoms with Crippen LogP contribution >= 0.6 is 0 Å². The molecule has 2 heterocycles. The largest absolute Gasteiger partial charge is 0.256 e. The van der Waals surface area contributed by atoms with Crippen LogP contribution in [0.3, 0.4) is 0 Å². The summed E-state index contributed by atoms with van der Waals surface area (Å²) in [6, 6.07) is 37.4. The molecule has 0 N–H and O–H groups in total. The van der Waals surface area contributed by atoms with Crippen LogP contribution in [0.5, 0.6) is 0 Å². The third-order valence-electron chi connectivity index (χ3n) is 9.73. The number of rotatable bonds is 6. The second kappa shape index (κ2) is 10.8. The number of hydrogen-bond donors (Lipinski definition) is 0. The summed E-state index contributed by atoms with van der Waals surface area (Å²) in [5.74, 6) is 0. The first-order valence-corrected chi connectivity index (χ1v) is 15.9. The van der Waals surface area contributed by atoms with Crippen LogP contribution in [-0.2, 0) is 5.41 Å². The van der Waals surface area contributed by atoms with Gasteiger partial charge in [-0.3, -0.25) is 9.97 Å². The van der Waals surface area contributed by atoms with Gasteiger partial charge in [0.2, 0.25) is 0 Å². The Labute approximate surface area is 270 Å². The maximum absolute atomic E-state index is 4.97. The van der Waals surface area contributed by atoms with Crippen molar-refractivity contribution in [1.29, 1.82) is 0 Å². The van der Waals surface area contributed by atoms with Gasteiger partial charge in [0, 0.05) is 34.5 Å². The van der Waals surface area contributed by atoms with Crippen LogP contribution < -0.4 is 0 Å². The SMILES string of the molecule is C=C/C=C\C(=C/C)c1ccc(-c2ccc3c4c2ccc2ccc5c(-c6ccc(-c7ccccc7)cn6)ccc(c5c24)C3(C)C)nc1. The van der Waals surface area contributed by atoms with E-state index in [0.717, 1.165) is 39.2 Å². The maximum atomic E-state index is 4.97. The summed E-state index contributed by atoms with van der Waals surface area (Å²) in [6.07, 6.45) is 11.9. The fraction of sp³-hybridized carbons (Fsp3) is 0.0909. The smallest absolute Gasteiger partial charge is 0.0708 e. The molecule has 0 saturated carbocycles. The maximum Gasteiger partial charge on any atom is 0.0708 e. The van der Waals surface area contributed by atoms with Crippen LogP contribution in [0.25, 0.3) is 71.5 Å². The standard InChI is InChI=1S/C44H34N2/c1-5-7-11-28(6-2)31-16-24-39(45-26-31)33-20-22-37-42-35(33)18-14-30-15-19-36-34(21-23-38(44(37,3)4)43(36)41(30)42)40-25-17-32(27-46-40)29-12-9-8-10-13-29/h5-27H,1H2,2-4H3/b11-7-,28-6+. The number of pyridine rings is 2. The molecule has 2 heteroatoms. The lowest BCUT2D eigenvalue weighted by molar-refractivity contribution is 0.652. The van der Waals surface area contributed by atoms with Crippen LogP contribution in [0.15, 0.2) is 146 Å². The zero-order chi connectivity index (χ0) is 31.4. The Morgan fingerprint density at radius 2 is 1.26 bits per heavy atom. The molecule has 8 rings (SSSR count). The van der Waals surface area contributed by atoms with Gasteiger partial charge in [-0.15, -0.1) is 0 Å². The van der Waals surface area contributed by atoms with Crippen molar-refractivity contribution in [3.63, 3.8) is 0 Å². The molecule has 0 unspecified atom stereocenters. The molecule has 1 aliphatic carbocycles. The quantitative estimate of drug-likeness (QED) is 0.142. The van der Waals surface area contributed by atoms with Crippen molar-refractivity contribution in [1.82, 2.24) is 9.97 Å². The third kappa shape index (κ3) is 4.25. The molecule has 7 aromatic rings. The lowest BCUT2D eigenvalue weighted by Gasteiger charge is -2.35. The monoisotopic (exact) mass is 590 g/mol. The molecule has 1 aliphatic rings. The Morgan fingerprint density at radius 3 is 1.80 bits per heavy atom. The normalized spacial score (nSPS) is 13.8. The molecule has 46 heavy (non-hydrogen) atoms. The van der Waals surface area contributed by atoms with Crippen LogP contribution in [0.1, 0.15) is 37.5 Å². The number of nitrogens with zero attached hydrogens (tertiary/aromatic N) is 2. The Morgan fingerprint density at radius 1 is 0.630 bits per heavy atom. The predicted octanol–water partition coefficient (Wildman–Crippen LogP) is 11.7. The van der Waals surface area contributed by atoms with E-state index in [0.29, 0.717) is 0 Å². The van der Waals surface area contributed by atoms with Crippen molar-refractivity contribution >= 4 is 37.9 Å². The van der Waals surface area contributed by atoms with E-state index in [1.165, 1.54) is 49.0 Å². The molecule has 220 valence electrons. The van der Waals surface area contributed by atoms with E-state index in [4.69, 9.17) is 9.97 Å². The van der Waals surface area contributed by atoms with Crippen molar-refractivity contribution in [2.75, 3.05) is 0 Å². The van der Waals surface area contributed by atoms with E-state index >= 15 is 0 Å². The average Bonchev–Trinajstić information content (AvgIpc) is 3.11. The van der Waals surface area contributed by atoms with E-state index in [2.05, 4.69) is 130 Å². The molecule has 2 nitrogen and oxygen atoms in total. The first-order chi connectivity index (χ1) is 22.5. The number of hydrogen-bond acceptors (Lipinski definition) is 2. The van der Waals surface area contributed by atoms with Crippen molar-refractivity contribution in [2.24, 2.45) is 0 Å². The summed E-state index contributed by atoms with van der Waals surface area (Å²) in [7, 11) is 0. The molecule has 0 saturated heterocycles.